The van der Waals surface area contributed by atoms with E-state index in [1.807, 2.05) is 12.1 Å². The van der Waals surface area contributed by atoms with Gasteiger partial charge in [0.05, 0.1) is 6.54 Å². The molecule has 70 valence electrons. The quantitative estimate of drug-likeness (QED) is 0.498. The zero-order valence-electron chi connectivity index (χ0n) is 7.65. The Morgan fingerprint density at radius 3 is 2.77 bits per heavy atom. The van der Waals surface area contributed by atoms with Crippen LogP contribution < -0.4 is 4.73 Å². The highest BCUT2D eigenvalue weighted by Crippen LogP contribution is 2.09. The van der Waals surface area contributed by atoms with E-state index < -0.39 is 0 Å². The fraction of sp³-hybridized carbons (Fsp3) is 0.500. The second kappa shape index (κ2) is 3.75. The van der Waals surface area contributed by atoms with E-state index in [0.29, 0.717) is 0 Å². The summed E-state index contributed by atoms with van der Waals surface area (Å²) in [5, 5.41) is 11.3. The van der Waals surface area contributed by atoms with Crippen molar-refractivity contribution in [1.82, 2.24) is 4.90 Å². The molecule has 0 atom stereocenters. The van der Waals surface area contributed by atoms with Gasteiger partial charge in [0.25, 0.3) is 0 Å². The van der Waals surface area contributed by atoms with Crippen molar-refractivity contribution >= 4 is 0 Å². The molecule has 0 amide bonds. The molecule has 0 aliphatic carbocycles. The minimum atomic E-state index is 0.796. The third-order valence-electron chi connectivity index (χ3n) is 2.49. The van der Waals surface area contributed by atoms with Gasteiger partial charge in [0.15, 0.2) is 6.20 Å². The number of nitrogens with zero attached hydrogens (tertiary/aromatic N) is 2. The Morgan fingerprint density at radius 1 is 1.31 bits per heavy atom. The third kappa shape index (κ3) is 1.98. The molecule has 13 heavy (non-hydrogen) atoms. The minimum Gasteiger partial charge on any atom is -0.618 e. The molecule has 3 nitrogen and oxygen atoms in total. The van der Waals surface area contributed by atoms with Gasteiger partial charge in [0, 0.05) is 12.1 Å². The first-order valence-corrected chi connectivity index (χ1v) is 4.76. The van der Waals surface area contributed by atoms with Gasteiger partial charge in [-0.3, -0.25) is 4.90 Å². The number of rotatable bonds is 2. The Kier molecular flexibility index (Phi) is 2.45. The smallest absolute Gasteiger partial charge is 0.206 e. The summed E-state index contributed by atoms with van der Waals surface area (Å²) in [4.78, 5) is 2.32. The normalized spacial score (nSPS) is 17.8. The molecule has 2 rings (SSSR count). The number of likely N-dealkylation sites (tertiary alicyclic amines) is 1. The molecule has 0 aromatic carbocycles. The van der Waals surface area contributed by atoms with Crippen molar-refractivity contribution in [2.24, 2.45) is 0 Å². The molecule has 2 heterocycles. The van der Waals surface area contributed by atoms with E-state index in [4.69, 9.17) is 0 Å². The van der Waals surface area contributed by atoms with Gasteiger partial charge in [0.2, 0.25) is 5.69 Å². The lowest BCUT2D eigenvalue weighted by atomic mass is 10.3. The summed E-state index contributed by atoms with van der Waals surface area (Å²) < 4.78 is 0.957. The van der Waals surface area contributed by atoms with Gasteiger partial charge in [-0.05, 0) is 32.0 Å². The molecule has 1 saturated heterocycles. The molecule has 0 bridgehead atoms. The summed E-state index contributed by atoms with van der Waals surface area (Å²) in [5.41, 5.74) is 0.851. The zero-order valence-corrected chi connectivity index (χ0v) is 7.65. The van der Waals surface area contributed by atoms with Crippen LogP contribution in [-0.2, 0) is 6.54 Å². The Bertz CT molecular complexity index is 282. The first kappa shape index (κ1) is 8.51. The topological polar surface area (TPSA) is 30.2 Å². The SMILES string of the molecule is [O-][n+]1ccccc1CN1CCCC1. The summed E-state index contributed by atoms with van der Waals surface area (Å²) in [6, 6.07) is 5.58. The predicted molar refractivity (Wildman–Crippen MR) is 49.9 cm³/mol. The fourth-order valence-electron chi connectivity index (χ4n) is 1.76. The van der Waals surface area contributed by atoms with Gasteiger partial charge in [-0.1, -0.05) is 0 Å². The van der Waals surface area contributed by atoms with Crippen molar-refractivity contribution in [3.8, 4) is 0 Å². The van der Waals surface area contributed by atoms with Crippen molar-refractivity contribution in [2.45, 2.75) is 19.4 Å². The van der Waals surface area contributed by atoms with Crippen LogP contribution in [0.5, 0.6) is 0 Å². The molecular formula is C10H14N2O. The van der Waals surface area contributed by atoms with E-state index in [9.17, 15) is 5.21 Å². The molecular weight excluding hydrogens is 164 g/mol. The van der Waals surface area contributed by atoms with Gasteiger partial charge >= 0.3 is 0 Å². The molecule has 1 fully saturated rings. The summed E-state index contributed by atoms with van der Waals surface area (Å²) in [6.45, 7) is 3.06. The van der Waals surface area contributed by atoms with Crippen LogP contribution in [0, 0.1) is 5.21 Å². The van der Waals surface area contributed by atoms with E-state index in [1.165, 1.54) is 12.8 Å². The second-order valence-electron chi connectivity index (χ2n) is 3.50. The average Bonchev–Trinajstić information content (AvgIpc) is 2.61. The summed E-state index contributed by atoms with van der Waals surface area (Å²) in [6.07, 6.45) is 4.10. The second-order valence-corrected chi connectivity index (χ2v) is 3.50. The molecule has 1 aromatic rings. The van der Waals surface area contributed by atoms with E-state index >= 15 is 0 Å². The zero-order chi connectivity index (χ0) is 9.10. The molecule has 3 heteroatoms. The number of hydrogen-bond acceptors (Lipinski definition) is 2. The van der Waals surface area contributed by atoms with E-state index in [2.05, 4.69) is 4.90 Å². The summed E-state index contributed by atoms with van der Waals surface area (Å²) in [7, 11) is 0. The van der Waals surface area contributed by atoms with Crippen LogP contribution in [0.3, 0.4) is 0 Å². The largest absolute Gasteiger partial charge is 0.618 e. The maximum absolute atomic E-state index is 11.3. The molecule has 1 aliphatic rings. The van der Waals surface area contributed by atoms with E-state index in [-0.39, 0.29) is 0 Å². The van der Waals surface area contributed by atoms with Crippen LogP contribution in [0.4, 0.5) is 0 Å². The third-order valence-corrected chi connectivity index (χ3v) is 2.49. The molecule has 0 unspecified atom stereocenters. The van der Waals surface area contributed by atoms with Crippen LogP contribution in [0.15, 0.2) is 24.4 Å². The highest BCUT2D eigenvalue weighted by molar-refractivity contribution is 4.97. The van der Waals surface area contributed by atoms with Crippen molar-refractivity contribution in [2.75, 3.05) is 13.1 Å². The van der Waals surface area contributed by atoms with Gasteiger partial charge in [-0.15, -0.1) is 0 Å². The molecule has 1 aromatic heterocycles. The monoisotopic (exact) mass is 178 g/mol. The van der Waals surface area contributed by atoms with Crippen LogP contribution in [0.2, 0.25) is 0 Å². The molecule has 0 radical (unpaired) electrons. The van der Waals surface area contributed by atoms with Crippen LogP contribution in [0.1, 0.15) is 18.5 Å². The number of aromatic nitrogens is 1. The van der Waals surface area contributed by atoms with Gasteiger partial charge in [-0.25, -0.2) is 0 Å². The highest BCUT2D eigenvalue weighted by Gasteiger charge is 2.15. The molecule has 0 N–H and O–H groups in total. The van der Waals surface area contributed by atoms with Gasteiger partial charge in [-0.2, -0.15) is 4.73 Å². The standard InChI is InChI=1S/C10H14N2O/c13-12-8-2-1-5-10(12)9-11-6-3-4-7-11/h1-2,5,8H,3-4,6-7,9H2. The van der Waals surface area contributed by atoms with Crippen molar-refractivity contribution < 1.29 is 4.73 Å². The lowest BCUT2D eigenvalue weighted by molar-refractivity contribution is -0.615. The number of pyridine rings is 1. The maximum Gasteiger partial charge on any atom is 0.206 e. The average molecular weight is 178 g/mol. The van der Waals surface area contributed by atoms with Crippen LogP contribution in [-0.4, -0.2) is 18.0 Å². The van der Waals surface area contributed by atoms with E-state index in [0.717, 1.165) is 30.1 Å². The minimum absolute atomic E-state index is 0.796. The highest BCUT2D eigenvalue weighted by atomic mass is 16.5. The Morgan fingerprint density at radius 2 is 2.08 bits per heavy atom. The predicted octanol–water partition coefficient (Wildman–Crippen LogP) is 0.916. The van der Waals surface area contributed by atoms with Crippen molar-refractivity contribution in [3.63, 3.8) is 0 Å². The molecule has 0 spiro atoms. The van der Waals surface area contributed by atoms with Crippen LogP contribution in [0.25, 0.3) is 0 Å². The summed E-state index contributed by atoms with van der Waals surface area (Å²) >= 11 is 0. The first-order valence-electron chi connectivity index (χ1n) is 4.76. The number of hydrogen-bond donors (Lipinski definition) is 0. The van der Waals surface area contributed by atoms with Gasteiger partial charge < -0.3 is 5.21 Å². The first-order chi connectivity index (χ1) is 6.36. The lowest BCUT2D eigenvalue weighted by Gasteiger charge is -2.13. The Balaban J connectivity index is 2.04. The lowest BCUT2D eigenvalue weighted by Crippen LogP contribution is -2.34. The fourth-order valence-corrected chi connectivity index (χ4v) is 1.76. The Hall–Kier alpha value is -1.09. The van der Waals surface area contributed by atoms with Crippen LogP contribution >= 0.6 is 0 Å². The molecule has 0 saturated carbocycles. The Labute approximate surface area is 78.2 Å². The van der Waals surface area contributed by atoms with E-state index in [1.54, 1.807) is 12.3 Å². The maximum atomic E-state index is 11.3. The summed E-state index contributed by atoms with van der Waals surface area (Å²) in [5.74, 6) is 0. The van der Waals surface area contributed by atoms with Crippen molar-refractivity contribution in [3.05, 3.63) is 35.3 Å². The van der Waals surface area contributed by atoms with Crippen molar-refractivity contribution in [1.29, 1.82) is 0 Å². The van der Waals surface area contributed by atoms with Gasteiger partial charge in [0.1, 0.15) is 0 Å². The molecule has 1 aliphatic heterocycles.